The second-order valence-corrected chi connectivity index (χ2v) is 9.07. The Morgan fingerprint density at radius 3 is 2.54 bits per heavy atom. The average Bonchev–Trinajstić information content (AvgIpc) is 2.66. The van der Waals surface area contributed by atoms with Crippen molar-refractivity contribution >= 4 is 28.7 Å². The predicted molar refractivity (Wildman–Crippen MR) is 107 cm³/mol. The van der Waals surface area contributed by atoms with Gasteiger partial charge in [0.25, 0.3) is 5.91 Å². The zero-order chi connectivity index (χ0) is 21.4. The van der Waals surface area contributed by atoms with E-state index in [1.54, 1.807) is 26.8 Å². The summed E-state index contributed by atoms with van der Waals surface area (Å²) in [6, 6.07) is 0. The van der Waals surface area contributed by atoms with Crippen LogP contribution in [0.4, 0.5) is 0 Å². The van der Waals surface area contributed by atoms with Crippen LogP contribution in [0.25, 0.3) is 0 Å². The lowest BCUT2D eigenvalue weighted by atomic mass is 9.94. The molecule has 0 saturated carbocycles. The molecule has 1 heterocycles. The molecule has 0 aliphatic carbocycles. The zero-order valence-electron chi connectivity index (χ0n) is 17.3. The fourth-order valence-corrected chi connectivity index (χ4v) is 3.10. The Hall–Kier alpha value is -1.58. The summed E-state index contributed by atoms with van der Waals surface area (Å²) < 4.78 is 11.3. The van der Waals surface area contributed by atoms with Gasteiger partial charge in [0, 0.05) is 50.9 Å². The number of aliphatic hydroxyl groups excluding tert-OH is 1. The van der Waals surface area contributed by atoms with Crippen molar-refractivity contribution in [3.8, 4) is 0 Å². The Morgan fingerprint density at radius 2 is 1.89 bits per heavy atom. The lowest BCUT2D eigenvalue weighted by Gasteiger charge is -2.26. The highest BCUT2D eigenvalue weighted by Crippen LogP contribution is 2.30. The van der Waals surface area contributed by atoms with Crippen LogP contribution in [0.15, 0.2) is 11.8 Å². The summed E-state index contributed by atoms with van der Waals surface area (Å²) in [5.41, 5.74) is -0.346. The quantitative estimate of drug-likeness (QED) is 0.486. The van der Waals surface area contributed by atoms with Gasteiger partial charge in [-0.25, -0.2) is 0 Å². The first-order valence-corrected chi connectivity index (χ1v) is 10.3. The van der Waals surface area contributed by atoms with Crippen molar-refractivity contribution in [3.05, 3.63) is 11.8 Å². The number of carbonyl (C=O) groups excluding carboxylic acids is 3. The second-order valence-electron chi connectivity index (χ2n) is 7.92. The number of aliphatic hydroxyl groups is 1. The topological polar surface area (TPSA) is 114 Å². The standard InChI is InChI=1S/C19H32N2O6S/c1-13(22)10-16(24)28-9-8-20-15(23)6-7-21-17(25)14-11-18(2,3)12-26-19(4,5)27-14/h11,13,22H,6-10,12H2,1-5H3,(H,20,23)(H,21,25)/t13-/m0/s1. The minimum atomic E-state index is -0.906. The fraction of sp³-hybridized carbons (Fsp3) is 0.737. The fourth-order valence-electron chi connectivity index (χ4n) is 2.31. The van der Waals surface area contributed by atoms with Gasteiger partial charge in [-0.1, -0.05) is 25.6 Å². The van der Waals surface area contributed by atoms with E-state index in [-0.39, 0.29) is 41.6 Å². The Morgan fingerprint density at radius 1 is 1.21 bits per heavy atom. The molecule has 0 radical (unpaired) electrons. The van der Waals surface area contributed by atoms with E-state index in [4.69, 9.17) is 14.6 Å². The summed E-state index contributed by atoms with van der Waals surface area (Å²) in [5, 5.41) is 14.4. The number of thioether (sulfide) groups is 1. The van der Waals surface area contributed by atoms with E-state index < -0.39 is 17.8 Å². The molecule has 0 unspecified atom stereocenters. The number of ether oxygens (including phenoxy) is 2. The SMILES string of the molecule is C[C@H](O)CC(=O)SCCNC(=O)CCNC(=O)C1=CC(C)(C)COC(C)(C)O1. The molecule has 0 saturated heterocycles. The molecule has 160 valence electrons. The number of carbonyl (C=O) groups is 3. The molecule has 0 aromatic rings. The lowest BCUT2D eigenvalue weighted by molar-refractivity contribution is -0.194. The minimum absolute atomic E-state index is 0.0984. The number of nitrogens with one attached hydrogen (secondary N) is 2. The maximum Gasteiger partial charge on any atom is 0.286 e. The molecule has 28 heavy (non-hydrogen) atoms. The van der Waals surface area contributed by atoms with E-state index in [2.05, 4.69) is 10.6 Å². The molecular formula is C19H32N2O6S. The average molecular weight is 417 g/mol. The predicted octanol–water partition coefficient (Wildman–Crippen LogP) is 1.33. The third kappa shape index (κ3) is 10.1. The molecule has 3 N–H and O–H groups in total. The number of amides is 2. The van der Waals surface area contributed by atoms with Crippen molar-refractivity contribution in [2.75, 3.05) is 25.4 Å². The first-order valence-electron chi connectivity index (χ1n) is 9.35. The third-order valence-corrected chi connectivity index (χ3v) is 4.58. The van der Waals surface area contributed by atoms with Gasteiger partial charge in [0.05, 0.1) is 12.7 Å². The Kier molecular flexibility index (Phi) is 9.46. The van der Waals surface area contributed by atoms with E-state index in [0.717, 1.165) is 11.8 Å². The molecule has 0 spiro atoms. The van der Waals surface area contributed by atoms with Crippen LogP contribution < -0.4 is 10.6 Å². The van der Waals surface area contributed by atoms with Gasteiger partial charge < -0.3 is 25.2 Å². The zero-order valence-corrected chi connectivity index (χ0v) is 18.1. The van der Waals surface area contributed by atoms with Gasteiger partial charge in [0.1, 0.15) is 0 Å². The van der Waals surface area contributed by atoms with Gasteiger partial charge in [-0.15, -0.1) is 0 Å². The normalized spacial score (nSPS) is 18.9. The van der Waals surface area contributed by atoms with Crippen molar-refractivity contribution in [2.45, 2.75) is 59.4 Å². The summed E-state index contributed by atoms with van der Waals surface area (Å²) in [5.74, 6) is -0.894. The number of hydrogen-bond donors (Lipinski definition) is 3. The highest BCUT2D eigenvalue weighted by atomic mass is 32.2. The summed E-state index contributed by atoms with van der Waals surface area (Å²) >= 11 is 1.08. The van der Waals surface area contributed by atoms with E-state index in [0.29, 0.717) is 18.9 Å². The monoisotopic (exact) mass is 416 g/mol. The van der Waals surface area contributed by atoms with Crippen molar-refractivity contribution < 1.29 is 29.0 Å². The van der Waals surface area contributed by atoms with Crippen LogP contribution >= 0.6 is 11.8 Å². The number of hydrogen-bond acceptors (Lipinski definition) is 7. The van der Waals surface area contributed by atoms with E-state index in [9.17, 15) is 14.4 Å². The van der Waals surface area contributed by atoms with E-state index in [1.165, 1.54) is 0 Å². The Balaban J connectivity index is 2.32. The van der Waals surface area contributed by atoms with Crippen LogP contribution in [0.5, 0.6) is 0 Å². The van der Waals surface area contributed by atoms with Crippen molar-refractivity contribution in [2.24, 2.45) is 5.41 Å². The van der Waals surface area contributed by atoms with Crippen LogP contribution in [0.1, 0.15) is 47.5 Å². The smallest absolute Gasteiger partial charge is 0.286 e. The lowest BCUT2D eigenvalue weighted by Crippen LogP contribution is -2.35. The van der Waals surface area contributed by atoms with Gasteiger partial charge in [0.15, 0.2) is 10.9 Å². The first-order chi connectivity index (χ1) is 12.9. The van der Waals surface area contributed by atoms with Gasteiger partial charge in [-0.3, -0.25) is 14.4 Å². The van der Waals surface area contributed by atoms with Gasteiger partial charge in [-0.2, -0.15) is 0 Å². The van der Waals surface area contributed by atoms with Crippen LogP contribution in [0, 0.1) is 5.41 Å². The van der Waals surface area contributed by atoms with Crippen LogP contribution in [0.2, 0.25) is 0 Å². The molecule has 0 aromatic heterocycles. The van der Waals surface area contributed by atoms with Crippen LogP contribution in [-0.2, 0) is 23.9 Å². The van der Waals surface area contributed by atoms with E-state index in [1.807, 2.05) is 13.8 Å². The summed E-state index contributed by atoms with van der Waals surface area (Å²) in [7, 11) is 0. The third-order valence-electron chi connectivity index (χ3n) is 3.68. The minimum Gasteiger partial charge on any atom is -0.458 e. The van der Waals surface area contributed by atoms with Crippen LogP contribution in [-0.4, -0.2) is 59.4 Å². The molecular weight excluding hydrogens is 384 g/mol. The van der Waals surface area contributed by atoms with Crippen molar-refractivity contribution in [3.63, 3.8) is 0 Å². The van der Waals surface area contributed by atoms with Crippen molar-refractivity contribution in [1.29, 1.82) is 0 Å². The maximum absolute atomic E-state index is 12.4. The molecule has 1 aliphatic rings. The van der Waals surface area contributed by atoms with E-state index >= 15 is 0 Å². The first kappa shape index (κ1) is 24.5. The Bertz CT molecular complexity index is 601. The summed E-state index contributed by atoms with van der Waals surface area (Å²) in [6.45, 7) is 9.87. The molecule has 2 amide bonds. The molecule has 0 bridgehead atoms. The molecule has 1 atom stereocenters. The van der Waals surface area contributed by atoms with Gasteiger partial charge in [0.2, 0.25) is 11.7 Å². The second kappa shape index (κ2) is 10.8. The molecule has 0 aromatic carbocycles. The van der Waals surface area contributed by atoms with Crippen molar-refractivity contribution in [1.82, 2.24) is 10.6 Å². The maximum atomic E-state index is 12.4. The molecule has 1 aliphatic heterocycles. The summed E-state index contributed by atoms with van der Waals surface area (Å²) in [6.07, 6.45) is 1.29. The molecule has 8 nitrogen and oxygen atoms in total. The molecule has 9 heteroatoms. The van der Waals surface area contributed by atoms with Gasteiger partial charge in [-0.05, 0) is 13.0 Å². The highest BCUT2D eigenvalue weighted by molar-refractivity contribution is 8.13. The number of rotatable bonds is 9. The molecule has 1 rings (SSSR count). The Labute approximate surface area is 170 Å². The highest BCUT2D eigenvalue weighted by Gasteiger charge is 2.33. The largest absolute Gasteiger partial charge is 0.458 e. The molecule has 0 fully saturated rings. The van der Waals surface area contributed by atoms with Crippen LogP contribution in [0.3, 0.4) is 0 Å². The van der Waals surface area contributed by atoms with Gasteiger partial charge >= 0.3 is 0 Å². The summed E-state index contributed by atoms with van der Waals surface area (Å²) in [4.78, 5) is 35.6.